The fourth-order valence-electron chi connectivity index (χ4n) is 4.42. The number of carbonyl (C=O) groups is 1. The molecule has 0 aliphatic heterocycles. The number of pyridine rings is 1. The Morgan fingerprint density at radius 2 is 2.17 bits per heavy atom. The van der Waals surface area contributed by atoms with Gasteiger partial charge in [-0.15, -0.1) is 5.10 Å². The lowest BCUT2D eigenvalue weighted by Crippen LogP contribution is -2.12. The van der Waals surface area contributed by atoms with E-state index in [1.165, 1.54) is 0 Å². The van der Waals surface area contributed by atoms with Crippen LogP contribution in [0.15, 0.2) is 36.5 Å². The number of carbonyl (C=O) groups excluding carboxylic acids is 1. The number of rotatable bonds is 12. The minimum atomic E-state index is 0.0321. The van der Waals surface area contributed by atoms with Crippen LogP contribution < -0.4 is 0 Å². The third kappa shape index (κ3) is 6.14. The van der Waals surface area contributed by atoms with Crippen molar-refractivity contribution in [1.29, 1.82) is 5.26 Å². The molecule has 0 aliphatic rings. The summed E-state index contributed by atoms with van der Waals surface area (Å²) in [5, 5.41) is 24.7. The van der Waals surface area contributed by atoms with E-state index in [0.29, 0.717) is 60.1 Å². The number of benzene rings is 1. The first kappa shape index (κ1) is 25.5. The number of aryl methyl sites for hydroxylation is 1. The van der Waals surface area contributed by atoms with Gasteiger partial charge < -0.3 is 9.30 Å². The van der Waals surface area contributed by atoms with E-state index in [0.717, 1.165) is 29.5 Å². The van der Waals surface area contributed by atoms with Gasteiger partial charge in [-0.25, -0.2) is 10.1 Å². The van der Waals surface area contributed by atoms with Crippen molar-refractivity contribution in [3.63, 3.8) is 0 Å². The Balaban J connectivity index is 1.45. The van der Waals surface area contributed by atoms with Crippen molar-refractivity contribution in [3.05, 3.63) is 69.8 Å². The quantitative estimate of drug-likeness (QED) is 0.220. The molecule has 3 aromatic heterocycles. The van der Waals surface area contributed by atoms with E-state index >= 15 is 0 Å². The Labute approximate surface area is 214 Å². The highest BCUT2D eigenvalue weighted by Gasteiger charge is 2.24. The first-order valence-electron chi connectivity index (χ1n) is 11.9. The molecule has 0 spiro atoms. The van der Waals surface area contributed by atoms with E-state index in [9.17, 15) is 10.1 Å². The average Bonchev–Trinajstić information content (AvgIpc) is 3.46. The predicted molar refractivity (Wildman–Crippen MR) is 135 cm³/mol. The Morgan fingerprint density at radius 3 is 2.92 bits per heavy atom. The third-order valence-electron chi connectivity index (χ3n) is 6.13. The number of nitriles is 1. The van der Waals surface area contributed by atoms with Crippen molar-refractivity contribution in [2.24, 2.45) is 13.0 Å². The van der Waals surface area contributed by atoms with Gasteiger partial charge in [0.25, 0.3) is 0 Å². The summed E-state index contributed by atoms with van der Waals surface area (Å²) in [4.78, 5) is 18.0. The highest BCUT2D eigenvalue weighted by Crippen LogP contribution is 2.29. The zero-order valence-electron chi connectivity index (χ0n) is 20.4. The molecule has 1 aromatic carbocycles. The molecule has 0 saturated heterocycles. The van der Waals surface area contributed by atoms with Gasteiger partial charge >= 0.3 is 0 Å². The van der Waals surface area contributed by atoms with Crippen molar-refractivity contribution in [2.75, 3.05) is 6.61 Å². The van der Waals surface area contributed by atoms with E-state index in [-0.39, 0.29) is 11.7 Å². The number of aromatic amines is 1. The number of hydrogen-bond acceptors (Lipinski definition) is 7. The van der Waals surface area contributed by atoms with Crippen LogP contribution in [0.25, 0.3) is 11.0 Å². The zero-order valence-corrected chi connectivity index (χ0v) is 21.1. The van der Waals surface area contributed by atoms with Crippen molar-refractivity contribution in [1.82, 2.24) is 30.2 Å². The number of fused-ring (bicyclic) bond motifs is 1. The molecule has 1 N–H and O–H groups in total. The summed E-state index contributed by atoms with van der Waals surface area (Å²) >= 11 is 6.03. The molecule has 4 rings (SSSR count). The number of ether oxygens (including phenoxy) is 1. The van der Waals surface area contributed by atoms with Crippen molar-refractivity contribution >= 4 is 28.4 Å². The van der Waals surface area contributed by atoms with E-state index < -0.39 is 0 Å². The second kappa shape index (κ2) is 11.9. The number of nitrogens with one attached hydrogen (secondary N) is 1. The summed E-state index contributed by atoms with van der Waals surface area (Å²) in [6.45, 7) is 3.12. The van der Waals surface area contributed by atoms with Crippen LogP contribution in [-0.2, 0) is 31.2 Å². The smallest absolute Gasteiger partial charge is 0.165 e. The molecule has 10 heteroatoms. The summed E-state index contributed by atoms with van der Waals surface area (Å²) in [5.41, 5.74) is 3.76. The number of aromatic nitrogens is 6. The number of hydrogen-bond donors (Lipinski definition) is 1. The molecule has 0 fully saturated rings. The van der Waals surface area contributed by atoms with Crippen LogP contribution in [0, 0.1) is 17.2 Å². The number of nitrogens with zero attached hydrogens (tertiary/aromatic N) is 6. The molecule has 9 nitrogen and oxygen atoms in total. The van der Waals surface area contributed by atoms with Crippen LogP contribution in [0.5, 0.6) is 0 Å². The molecule has 0 amide bonds. The highest BCUT2D eigenvalue weighted by atomic mass is 35.5. The fraction of sp³-hybridized carbons (Fsp3) is 0.385. The number of ketones is 1. The number of Topliss-reactive ketones (excluding diaryl/α,β-unsaturated/α-hetero) is 1. The summed E-state index contributed by atoms with van der Waals surface area (Å²) in [7, 11) is 1.92. The molecule has 0 saturated carbocycles. The van der Waals surface area contributed by atoms with Gasteiger partial charge in [-0.3, -0.25) is 4.79 Å². The number of tetrazole rings is 1. The molecular weight excluding hydrogens is 478 g/mol. The van der Waals surface area contributed by atoms with Gasteiger partial charge in [0.2, 0.25) is 0 Å². The van der Waals surface area contributed by atoms with Crippen molar-refractivity contribution in [2.45, 2.75) is 45.6 Å². The molecule has 3 heterocycles. The molecule has 0 bridgehead atoms. The fourth-order valence-corrected chi connectivity index (χ4v) is 4.64. The number of H-pyrrole nitrogens is 1. The number of halogens is 1. The zero-order chi connectivity index (χ0) is 25.5. The maximum Gasteiger partial charge on any atom is 0.165 e. The Morgan fingerprint density at radius 1 is 1.31 bits per heavy atom. The Hall–Kier alpha value is -3.61. The standard InChI is InChI=1S/C26H28ClN7O2/c1-17(11-24-30-32-33-31-24)10-23(35)25-21-13-19(14-28)15-29-26(21)34(2)22(25)8-3-4-9-36-16-18-6-5-7-20(27)12-18/h5-7,12-13,15,17H,3-4,8-11,16H2,1-2H3,(H,30,31,32,33)/t17-/m0/s1. The Bertz CT molecular complexity index is 1380. The van der Waals surface area contributed by atoms with Crippen LogP contribution in [0.4, 0.5) is 0 Å². The van der Waals surface area contributed by atoms with E-state index in [4.69, 9.17) is 16.3 Å². The molecule has 36 heavy (non-hydrogen) atoms. The average molecular weight is 506 g/mol. The number of unbranched alkanes of at least 4 members (excludes halogenated alkanes) is 1. The van der Waals surface area contributed by atoms with Gasteiger partial charge in [-0.2, -0.15) is 5.26 Å². The molecule has 0 unspecified atom stereocenters. The van der Waals surface area contributed by atoms with Crippen molar-refractivity contribution < 1.29 is 9.53 Å². The normalized spacial score (nSPS) is 12.1. The molecule has 186 valence electrons. The highest BCUT2D eigenvalue weighted by molar-refractivity contribution is 6.30. The molecule has 0 radical (unpaired) electrons. The summed E-state index contributed by atoms with van der Waals surface area (Å²) < 4.78 is 7.79. The minimum absolute atomic E-state index is 0.0321. The van der Waals surface area contributed by atoms with Gasteiger partial charge in [-0.05, 0) is 59.4 Å². The monoisotopic (exact) mass is 505 g/mol. The van der Waals surface area contributed by atoms with Gasteiger partial charge in [0, 0.05) is 54.4 Å². The van der Waals surface area contributed by atoms with Crippen molar-refractivity contribution in [3.8, 4) is 6.07 Å². The summed E-state index contributed by atoms with van der Waals surface area (Å²) in [6, 6.07) is 11.5. The van der Waals surface area contributed by atoms with Crippen LogP contribution >= 0.6 is 11.6 Å². The van der Waals surface area contributed by atoms with Crippen LogP contribution in [-0.4, -0.2) is 42.6 Å². The third-order valence-corrected chi connectivity index (χ3v) is 6.37. The van der Waals surface area contributed by atoms with Gasteiger partial charge in [-0.1, -0.05) is 30.7 Å². The first-order chi connectivity index (χ1) is 17.5. The molecule has 4 aromatic rings. The molecule has 0 aliphatic carbocycles. The van der Waals surface area contributed by atoms with Gasteiger partial charge in [0.1, 0.15) is 17.5 Å². The summed E-state index contributed by atoms with van der Waals surface area (Å²) in [6.07, 6.45) is 4.86. The molecule has 1 atom stereocenters. The topological polar surface area (TPSA) is 122 Å². The summed E-state index contributed by atoms with van der Waals surface area (Å²) in [5.74, 6) is 0.728. The maximum absolute atomic E-state index is 13.5. The lowest BCUT2D eigenvalue weighted by atomic mass is 9.94. The van der Waals surface area contributed by atoms with Gasteiger partial charge in [0.05, 0.1) is 12.2 Å². The second-order valence-electron chi connectivity index (χ2n) is 9.01. The minimum Gasteiger partial charge on any atom is -0.377 e. The van der Waals surface area contributed by atoms with Crippen LogP contribution in [0.1, 0.15) is 59.2 Å². The van der Waals surface area contributed by atoms with E-state index in [2.05, 4.69) is 31.7 Å². The second-order valence-corrected chi connectivity index (χ2v) is 9.45. The lowest BCUT2D eigenvalue weighted by molar-refractivity contribution is 0.0964. The largest absolute Gasteiger partial charge is 0.377 e. The van der Waals surface area contributed by atoms with Crippen LogP contribution in [0.3, 0.4) is 0 Å². The maximum atomic E-state index is 13.5. The lowest BCUT2D eigenvalue weighted by Gasteiger charge is -2.11. The van der Waals surface area contributed by atoms with Crippen LogP contribution in [0.2, 0.25) is 5.02 Å². The van der Waals surface area contributed by atoms with E-state index in [1.54, 1.807) is 12.3 Å². The first-order valence-corrected chi connectivity index (χ1v) is 12.3. The predicted octanol–water partition coefficient (Wildman–Crippen LogP) is 4.60. The molecular formula is C26H28ClN7O2. The SMILES string of the molecule is C[C@@H](CC(=O)c1c(CCCCOCc2cccc(Cl)c2)n(C)c2ncc(C#N)cc12)Cc1nnn[nH]1. The van der Waals surface area contributed by atoms with Gasteiger partial charge in [0.15, 0.2) is 5.78 Å². The Kier molecular flexibility index (Phi) is 8.41. The van der Waals surface area contributed by atoms with E-state index in [1.807, 2.05) is 42.8 Å².